The summed E-state index contributed by atoms with van der Waals surface area (Å²) >= 11 is 5.66. The van der Waals surface area contributed by atoms with Crippen molar-refractivity contribution >= 4 is 34.0 Å². The second kappa shape index (κ2) is 8.06. The van der Waals surface area contributed by atoms with Crippen LogP contribution in [0.4, 0.5) is 4.39 Å². The number of benzene rings is 1. The van der Waals surface area contributed by atoms with Crippen LogP contribution < -0.4 is 10.0 Å². The van der Waals surface area contributed by atoms with Crippen molar-refractivity contribution in [3.63, 3.8) is 0 Å². The highest BCUT2D eigenvalue weighted by Crippen LogP contribution is 2.32. The van der Waals surface area contributed by atoms with E-state index in [2.05, 4.69) is 10.0 Å². The van der Waals surface area contributed by atoms with Crippen molar-refractivity contribution in [3.05, 3.63) is 34.6 Å². The number of nitrogens with one attached hydrogen (secondary N) is 2. The van der Waals surface area contributed by atoms with Gasteiger partial charge in [-0.25, -0.2) is 17.5 Å². The van der Waals surface area contributed by atoms with Crippen LogP contribution in [0.1, 0.15) is 11.7 Å². The van der Waals surface area contributed by atoms with Gasteiger partial charge in [-0.15, -0.1) is 12.4 Å². The molecule has 0 amide bonds. The minimum absolute atomic E-state index is 0. The maximum Gasteiger partial charge on any atom is 0.208 e. The van der Waals surface area contributed by atoms with Crippen LogP contribution in [0.2, 0.25) is 5.02 Å². The van der Waals surface area contributed by atoms with Crippen molar-refractivity contribution in [2.75, 3.05) is 32.5 Å². The number of rotatable bonds is 4. The maximum absolute atomic E-state index is 13.7. The predicted octanol–water partition coefficient (Wildman–Crippen LogP) is 0.842. The summed E-state index contributed by atoms with van der Waals surface area (Å²) in [5, 5.41) is 13.8. The second-order valence-corrected chi connectivity index (χ2v) is 7.54. The molecule has 0 aromatic heterocycles. The first-order valence-electron chi connectivity index (χ1n) is 6.65. The number of halogens is 3. The lowest BCUT2D eigenvalue weighted by Crippen LogP contribution is -2.52. The summed E-state index contributed by atoms with van der Waals surface area (Å²) in [6.07, 6.45) is 0.113. The summed E-state index contributed by atoms with van der Waals surface area (Å²) in [6.45, 7) is 0.641. The van der Waals surface area contributed by atoms with Crippen LogP contribution in [0.3, 0.4) is 0 Å². The van der Waals surface area contributed by atoms with Crippen molar-refractivity contribution in [3.8, 4) is 0 Å². The topological polar surface area (TPSA) is 87.7 Å². The van der Waals surface area contributed by atoms with E-state index >= 15 is 0 Å². The fraction of sp³-hybridized carbons (Fsp3) is 0.538. The minimum atomic E-state index is -3.48. The molecule has 0 bridgehead atoms. The van der Waals surface area contributed by atoms with Crippen LogP contribution in [0.25, 0.3) is 0 Å². The van der Waals surface area contributed by atoms with Crippen LogP contribution >= 0.6 is 24.0 Å². The Hall–Kier alpha value is -0.480. The third-order valence-electron chi connectivity index (χ3n) is 3.37. The number of sulfonamides is 1. The SMILES string of the molecule is CS(=O)(=O)NC[C@]1(O)CNCCO[C@H]1c1ccc(Cl)c(F)c1.Cl. The van der Waals surface area contributed by atoms with Gasteiger partial charge in [0.05, 0.1) is 17.9 Å². The quantitative estimate of drug-likeness (QED) is 0.711. The normalized spacial score (nSPS) is 25.5. The molecule has 6 nitrogen and oxygen atoms in total. The smallest absolute Gasteiger partial charge is 0.208 e. The Morgan fingerprint density at radius 2 is 2.26 bits per heavy atom. The van der Waals surface area contributed by atoms with Crippen molar-refractivity contribution in [2.45, 2.75) is 11.7 Å². The van der Waals surface area contributed by atoms with Crippen molar-refractivity contribution in [2.24, 2.45) is 0 Å². The number of hydrogen-bond donors (Lipinski definition) is 3. The van der Waals surface area contributed by atoms with Gasteiger partial charge in [0.1, 0.15) is 17.5 Å². The summed E-state index contributed by atoms with van der Waals surface area (Å²) in [5.41, 5.74) is -1.16. The van der Waals surface area contributed by atoms with Gasteiger partial charge in [-0.05, 0) is 17.7 Å². The Balaban J connectivity index is 0.00000264. The highest BCUT2D eigenvalue weighted by atomic mass is 35.5. The zero-order chi connectivity index (χ0) is 16.4. The molecule has 2 rings (SSSR count). The molecule has 1 fully saturated rings. The first-order valence-corrected chi connectivity index (χ1v) is 8.92. The minimum Gasteiger partial charge on any atom is -0.384 e. The molecule has 0 spiro atoms. The summed E-state index contributed by atoms with van der Waals surface area (Å²) in [6, 6.07) is 4.11. The van der Waals surface area contributed by atoms with Crippen LogP contribution in [-0.2, 0) is 14.8 Å². The molecule has 2 atom stereocenters. The van der Waals surface area contributed by atoms with Crippen LogP contribution in [0, 0.1) is 5.82 Å². The molecule has 1 aliphatic rings. The summed E-state index contributed by atoms with van der Waals surface area (Å²) < 4.78 is 44.1. The lowest BCUT2D eigenvalue weighted by Gasteiger charge is -2.34. The van der Waals surface area contributed by atoms with E-state index in [1.165, 1.54) is 12.1 Å². The second-order valence-electron chi connectivity index (χ2n) is 5.30. The van der Waals surface area contributed by atoms with Crippen LogP contribution in [0.15, 0.2) is 18.2 Å². The number of hydrogen-bond acceptors (Lipinski definition) is 5. The van der Waals surface area contributed by atoms with E-state index in [-0.39, 0.29) is 30.5 Å². The van der Waals surface area contributed by atoms with E-state index in [1.54, 1.807) is 6.07 Å². The van der Waals surface area contributed by atoms with Gasteiger partial charge < -0.3 is 15.2 Å². The highest BCUT2D eigenvalue weighted by molar-refractivity contribution is 7.88. The van der Waals surface area contributed by atoms with E-state index < -0.39 is 27.5 Å². The zero-order valence-corrected chi connectivity index (χ0v) is 14.8. The third-order valence-corrected chi connectivity index (χ3v) is 4.34. The molecule has 0 radical (unpaired) electrons. The molecule has 0 unspecified atom stereocenters. The molecule has 10 heteroatoms. The van der Waals surface area contributed by atoms with Gasteiger partial charge in [-0.2, -0.15) is 0 Å². The molecule has 132 valence electrons. The monoisotopic (exact) mass is 388 g/mol. The maximum atomic E-state index is 13.7. The largest absolute Gasteiger partial charge is 0.384 e. The first-order chi connectivity index (χ1) is 10.2. The van der Waals surface area contributed by atoms with Gasteiger partial charge in [-0.3, -0.25) is 0 Å². The molecule has 1 heterocycles. The molecule has 1 saturated heterocycles. The molecule has 0 aliphatic carbocycles. The summed E-state index contributed by atoms with van der Waals surface area (Å²) in [7, 11) is -3.48. The predicted molar refractivity (Wildman–Crippen MR) is 88.0 cm³/mol. The van der Waals surface area contributed by atoms with Gasteiger partial charge >= 0.3 is 0 Å². The van der Waals surface area contributed by atoms with Crippen molar-refractivity contribution < 1.29 is 22.7 Å². The molecule has 0 saturated carbocycles. The average Bonchev–Trinajstić information content (AvgIpc) is 2.62. The lowest BCUT2D eigenvalue weighted by atomic mass is 9.91. The van der Waals surface area contributed by atoms with E-state index in [4.69, 9.17) is 16.3 Å². The first kappa shape index (κ1) is 20.6. The van der Waals surface area contributed by atoms with Crippen molar-refractivity contribution in [1.82, 2.24) is 10.0 Å². The number of aliphatic hydroxyl groups is 1. The molecular formula is C13H19Cl2FN2O4S. The van der Waals surface area contributed by atoms with E-state index in [1.807, 2.05) is 0 Å². The molecule has 1 aromatic carbocycles. The lowest BCUT2D eigenvalue weighted by molar-refractivity contribution is -0.0909. The standard InChI is InChI=1S/C13H18ClFN2O4S.ClH/c1-22(19,20)17-8-13(18)7-16-4-5-21-12(13)9-2-3-10(14)11(15)6-9;/h2-3,6,12,16-18H,4-5,7-8H2,1H3;1H/t12-,13+;/m0./s1. The fourth-order valence-corrected chi connectivity index (χ4v) is 2.92. The number of β-amino-alcohol motifs (C(OH)–C–C–N with tert-alkyl or cyclic N) is 1. The van der Waals surface area contributed by atoms with Gasteiger partial charge in [0.25, 0.3) is 0 Å². The van der Waals surface area contributed by atoms with Gasteiger partial charge in [0, 0.05) is 19.6 Å². The Kier molecular flexibility index (Phi) is 7.21. The molecular weight excluding hydrogens is 370 g/mol. The van der Waals surface area contributed by atoms with E-state index in [0.717, 1.165) is 6.26 Å². The Bertz CT molecular complexity index is 647. The fourth-order valence-electron chi connectivity index (χ4n) is 2.29. The summed E-state index contributed by atoms with van der Waals surface area (Å²) in [5.74, 6) is -0.626. The Morgan fingerprint density at radius 1 is 1.57 bits per heavy atom. The van der Waals surface area contributed by atoms with E-state index in [0.29, 0.717) is 18.7 Å². The molecule has 1 aliphatic heterocycles. The van der Waals surface area contributed by atoms with Crippen LogP contribution in [0.5, 0.6) is 0 Å². The number of ether oxygens (including phenoxy) is 1. The third kappa shape index (κ3) is 5.53. The molecule has 3 N–H and O–H groups in total. The summed E-state index contributed by atoms with van der Waals surface area (Å²) in [4.78, 5) is 0. The molecule has 23 heavy (non-hydrogen) atoms. The molecule has 1 aromatic rings. The Labute approximate surface area is 145 Å². The Morgan fingerprint density at radius 3 is 2.87 bits per heavy atom. The van der Waals surface area contributed by atoms with E-state index in [9.17, 15) is 17.9 Å². The highest BCUT2D eigenvalue weighted by Gasteiger charge is 2.40. The van der Waals surface area contributed by atoms with Gasteiger partial charge in [0.15, 0.2) is 0 Å². The van der Waals surface area contributed by atoms with Gasteiger partial charge in [0.2, 0.25) is 10.0 Å². The van der Waals surface area contributed by atoms with Crippen LogP contribution in [-0.4, -0.2) is 51.6 Å². The average molecular weight is 389 g/mol. The zero-order valence-electron chi connectivity index (χ0n) is 12.4. The van der Waals surface area contributed by atoms with Crippen molar-refractivity contribution in [1.29, 1.82) is 0 Å². The van der Waals surface area contributed by atoms with Gasteiger partial charge in [-0.1, -0.05) is 17.7 Å².